The molecule has 2 aromatic heterocycles. The minimum absolute atomic E-state index is 0.00105. The monoisotopic (exact) mass is 389 g/mol. The maximum absolute atomic E-state index is 13.3. The standard InChI is InChI=1S/C20H21FN2OS2/c1-2-23(13-17-5-3-11-25-17)14-19(24)22-20(18-6-4-12-26-18)15-7-9-16(21)10-8-15/h3-12,20H,2,13-14H2,1H3,(H,22,24)/p+1/t20-/m1/s1. The van der Waals surface area contributed by atoms with Crippen molar-refractivity contribution in [3.63, 3.8) is 0 Å². The lowest BCUT2D eigenvalue weighted by atomic mass is 10.1. The Morgan fingerprint density at radius 2 is 1.85 bits per heavy atom. The highest BCUT2D eigenvalue weighted by Crippen LogP contribution is 2.26. The molecule has 2 heterocycles. The van der Waals surface area contributed by atoms with Crippen molar-refractivity contribution in [1.29, 1.82) is 0 Å². The molecule has 0 saturated heterocycles. The van der Waals surface area contributed by atoms with Crippen LogP contribution in [0.1, 0.15) is 28.3 Å². The zero-order chi connectivity index (χ0) is 18.4. The molecule has 0 radical (unpaired) electrons. The van der Waals surface area contributed by atoms with Gasteiger partial charge in [0, 0.05) is 4.88 Å². The number of carbonyl (C=O) groups is 1. The molecule has 0 saturated carbocycles. The Labute approximate surface area is 161 Å². The van der Waals surface area contributed by atoms with Crippen LogP contribution in [0, 0.1) is 5.82 Å². The third kappa shape index (κ3) is 5.00. The zero-order valence-electron chi connectivity index (χ0n) is 14.6. The highest BCUT2D eigenvalue weighted by molar-refractivity contribution is 7.10. The number of hydrogen-bond donors (Lipinski definition) is 2. The van der Waals surface area contributed by atoms with Gasteiger partial charge < -0.3 is 10.2 Å². The first-order valence-electron chi connectivity index (χ1n) is 8.60. The van der Waals surface area contributed by atoms with E-state index in [0.29, 0.717) is 6.54 Å². The molecule has 3 aromatic rings. The van der Waals surface area contributed by atoms with Gasteiger partial charge in [-0.25, -0.2) is 4.39 Å². The smallest absolute Gasteiger partial charge is 0.275 e. The Kier molecular flexibility index (Phi) is 6.55. The third-order valence-corrected chi connectivity index (χ3v) is 6.06. The van der Waals surface area contributed by atoms with Gasteiger partial charge in [0.25, 0.3) is 5.91 Å². The quantitative estimate of drug-likeness (QED) is 0.609. The molecule has 3 rings (SSSR count). The predicted molar refractivity (Wildman–Crippen MR) is 105 cm³/mol. The second kappa shape index (κ2) is 9.07. The molecule has 1 aromatic carbocycles. The van der Waals surface area contributed by atoms with Crippen molar-refractivity contribution in [3.05, 3.63) is 80.4 Å². The Balaban J connectivity index is 1.69. The van der Waals surface area contributed by atoms with E-state index in [0.717, 1.165) is 23.5 Å². The van der Waals surface area contributed by atoms with E-state index in [4.69, 9.17) is 0 Å². The minimum Gasteiger partial charge on any atom is -0.339 e. The molecule has 2 atom stereocenters. The molecule has 2 N–H and O–H groups in total. The minimum atomic E-state index is -0.275. The van der Waals surface area contributed by atoms with E-state index in [9.17, 15) is 9.18 Å². The highest BCUT2D eigenvalue weighted by atomic mass is 32.1. The van der Waals surface area contributed by atoms with Gasteiger partial charge in [0.05, 0.1) is 17.5 Å². The van der Waals surface area contributed by atoms with Crippen molar-refractivity contribution in [2.45, 2.75) is 19.5 Å². The van der Waals surface area contributed by atoms with Crippen molar-refractivity contribution < 1.29 is 14.1 Å². The topological polar surface area (TPSA) is 33.5 Å². The van der Waals surface area contributed by atoms with Crippen LogP contribution in [0.3, 0.4) is 0 Å². The van der Waals surface area contributed by atoms with Crippen LogP contribution in [0.25, 0.3) is 0 Å². The van der Waals surface area contributed by atoms with E-state index in [1.165, 1.54) is 21.9 Å². The van der Waals surface area contributed by atoms with Crippen molar-refractivity contribution in [2.24, 2.45) is 0 Å². The molecular weight excluding hydrogens is 367 g/mol. The van der Waals surface area contributed by atoms with Crippen LogP contribution in [0.5, 0.6) is 0 Å². The summed E-state index contributed by atoms with van der Waals surface area (Å²) in [7, 11) is 0. The van der Waals surface area contributed by atoms with E-state index in [-0.39, 0.29) is 17.8 Å². The second-order valence-corrected chi connectivity index (χ2v) is 8.12. The van der Waals surface area contributed by atoms with Crippen LogP contribution in [0.15, 0.2) is 59.3 Å². The second-order valence-electron chi connectivity index (χ2n) is 6.10. The lowest BCUT2D eigenvalue weighted by Crippen LogP contribution is -3.11. The molecule has 6 heteroatoms. The van der Waals surface area contributed by atoms with Gasteiger partial charge in [-0.1, -0.05) is 24.3 Å². The first kappa shape index (κ1) is 18.8. The summed E-state index contributed by atoms with van der Waals surface area (Å²) in [4.78, 5) is 16.2. The van der Waals surface area contributed by atoms with E-state index in [2.05, 4.69) is 23.7 Å². The Bertz CT molecular complexity index is 801. The van der Waals surface area contributed by atoms with E-state index < -0.39 is 0 Å². The number of likely N-dealkylation sites (N-methyl/N-ethyl adjacent to an activating group) is 1. The number of quaternary nitrogens is 1. The van der Waals surface area contributed by atoms with Crippen LogP contribution < -0.4 is 10.2 Å². The normalized spacial score (nSPS) is 13.3. The number of amides is 1. The maximum atomic E-state index is 13.3. The van der Waals surface area contributed by atoms with Crippen LogP contribution in [0.2, 0.25) is 0 Å². The predicted octanol–water partition coefficient (Wildman–Crippen LogP) is 3.26. The molecule has 0 aliphatic carbocycles. The van der Waals surface area contributed by atoms with E-state index in [1.54, 1.807) is 34.8 Å². The summed E-state index contributed by atoms with van der Waals surface area (Å²) in [5.74, 6) is -0.274. The molecule has 0 spiro atoms. The van der Waals surface area contributed by atoms with Crippen LogP contribution in [-0.2, 0) is 11.3 Å². The number of carbonyl (C=O) groups excluding carboxylic acids is 1. The average molecular weight is 390 g/mol. The Hall–Kier alpha value is -2.02. The fraction of sp³-hybridized carbons (Fsp3) is 0.250. The van der Waals surface area contributed by atoms with Gasteiger partial charge in [-0.05, 0) is 47.5 Å². The molecule has 136 valence electrons. The molecule has 1 unspecified atom stereocenters. The van der Waals surface area contributed by atoms with Crippen molar-refractivity contribution >= 4 is 28.6 Å². The summed E-state index contributed by atoms with van der Waals surface area (Å²) in [5, 5.41) is 7.18. The van der Waals surface area contributed by atoms with Crippen molar-refractivity contribution in [1.82, 2.24) is 5.32 Å². The van der Waals surface area contributed by atoms with Crippen LogP contribution in [-0.4, -0.2) is 19.0 Å². The van der Waals surface area contributed by atoms with E-state index >= 15 is 0 Å². The van der Waals surface area contributed by atoms with Gasteiger partial charge in [-0.2, -0.15) is 0 Å². The van der Waals surface area contributed by atoms with Crippen molar-refractivity contribution in [2.75, 3.05) is 13.1 Å². The van der Waals surface area contributed by atoms with Gasteiger partial charge in [0.1, 0.15) is 12.4 Å². The van der Waals surface area contributed by atoms with Gasteiger partial charge in [0.2, 0.25) is 0 Å². The number of hydrogen-bond acceptors (Lipinski definition) is 3. The largest absolute Gasteiger partial charge is 0.339 e. The maximum Gasteiger partial charge on any atom is 0.275 e. The number of thiophene rings is 2. The molecule has 0 fully saturated rings. The number of nitrogens with one attached hydrogen (secondary N) is 2. The number of rotatable bonds is 8. The van der Waals surface area contributed by atoms with Crippen LogP contribution in [0.4, 0.5) is 4.39 Å². The summed E-state index contributed by atoms with van der Waals surface area (Å²) in [6.45, 7) is 4.23. The summed E-state index contributed by atoms with van der Waals surface area (Å²) in [6.07, 6.45) is 0. The molecule has 0 aliphatic rings. The lowest BCUT2D eigenvalue weighted by molar-refractivity contribution is -0.903. The SMILES string of the molecule is CC[NH+](CC(=O)N[C@H](c1ccc(F)cc1)c1cccs1)Cc1cccs1. The highest BCUT2D eigenvalue weighted by Gasteiger charge is 2.21. The van der Waals surface area contributed by atoms with Crippen molar-refractivity contribution in [3.8, 4) is 0 Å². The number of halogens is 1. The molecule has 0 aliphatic heterocycles. The van der Waals surface area contributed by atoms with Gasteiger partial charge in [0.15, 0.2) is 6.54 Å². The fourth-order valence-corrected chi connectivity index (χ4v) is 4.42. The first-order chi connectivity index (χ1) is 12.7. The third-order valence-electron chi connectivity index (χ3n) is 4.25. The zero-order valence-corrected chi connectivity index (χ0v) is 16.2. The van der Waals surface area contributed by atoms with Gasteiger partial charge >= 0.3 is 0 Å². The molecule has 26 heavy (non-hydrogen) atoms. The summed E-state index contributed by atoms with van der Waals surface area (Å²) < 4.78 is 13.3. The first-order valence-corrected chi connectivity index (χ1v) is 10.4. The molecule has 3 nitrogen and oxygen atoms in total. The molecule has 0 bridgehead atoms. The Morgan fingerprint density at radius 1 is 1.12 bits per heavy atom. The fourth-order valence-electron chi connectivity index (χ4n) is 2.84. The average Bonchev–Trinajstić information content (AvgIpc) is 3.34. The molecule has 1 amide bonds. The lowest BCUT2D eigenvalue weighted by Gasteiger charge is -2.21. The van der Waals surface area contributed by atoms with E-state index in [1.807, 2.05) is 23.6 Å². The summed E-state index contributed by atoms with van der Waals surface area (Å²) in [6, 6.07) is 14.2. The number of benzene rings is 1. The summed E-state index contributed by atoms with van der Waals surface area (Å²) in [5.41, 5.74) is 0.888. The molecular formula is C20H22FN2OS2+. The van der Waals surface area contributed by atoms with Gasteiger partial charge in [-0.15, -0.1) is 22.7 Å². The van der Waals surface area contributed by atoms with Gasteiger partial charge in [-0.3, -0.25) is 4.79 Å². The summed E-state index contributed by atoms with van der Waals surface area (Å²) >= 11 is 3.30. The van der Waals surface area contributed by atoms with Crippen LogP contribution >= 0.6 is 22.7 Å². The Morgan fingerprint density at radius 3 is 2.46 bits per heavy atom.